The van der Waals surface area contributed by atoms with Crippen molar-refractivity contribution in [2.75, 3.05) is 40.4 Å². The highest BCUT2D eigenvalue weighted by Crippen LogP contribution is 2.14. The van der Waals surface area contributed by atoms with E-state index in [2.05, 4.69) is 17.1 Å². The number of rotatable bonds is 5. The molecule has 5 heteroatoms. The summed E-state index contributed by atoms with van der Waals surface area (Å²) in [5.74, 6) is -0.205. The van der Waals surface area contributed by atoms with Crippen molar-refractivity contribution in [1.82, 2.24) is 10.2 Å². The zero-order valence-corrected chi connectivity index (χ0v) is 12.0. The topological polar surface area (TPSA) is 50.8 Å². The van der Waals surface area contributed by atoms with E-state index in [1.54, 1.807) is 7.05 Å². The summed E-state index contributed by atoms with van der Waals surface area (Å²) in [6, 6.07) is 0. The molecule has 0 amide bonds. The Bertz CT molecular complexity index is 273. The molecule has 0 aliphatic carbocycles. The quantitative estimate of drug-likeness (QED) is 0.733. The average Bonchev–Trinajstić information content (AvgIpc) is 2.59. The standard InChI is InChI=1S/C13H26N2O3/c1-11-10-15(7-5-9-18-11)8-6-13(2,14-3)12(16)17-4/h11,14H,5-10H2,1-4H3. The number of likely N-dealkylation sites (N-methyl/N-ethyl adjacent to an activating group) is 1. The summed E-state index contributed by atoms with van der Waals surface area (Å²) in [6.07, 6.45) is 2.06. The Morgan fingerprint density at radius 3 is 2.94 bits per heavy atom. The number of methoxy groups -OCH3 is 1. The second kappa shape index (κ2) is 7.07. The molecule has 2 unspecified atom stereocenters. The molecule has 1 saturated heterocycles. The molecule has 0 aromatic rings. The Hall–Kier alpha value is -0.650. The lowest BCUT2D eigenvalue weighted by molar-refractivity contribution is -0.148. The van der Waals surface area contributed by atoms with E-state index in [9.17, 15) is 4.79 Å². The molecule has 2 atom stereocenters. The molecule has 106 valence electrons. The zero-order chi connectivity index (χ0) is 13.6. The summed E-state index contributed by atoms with van der Waals surface area (Å²) in [4.78, 5) is 14.1. The van der Waals surface area contributed by atoms with Crippen LogP contribution in [0.2, 0.25) is 0 Å². The van der Waals surface area contributed by atoms with Gasteiger partial charge in [0.1, 0.15) is 5.54 Å². The Balaban J connectivity index is 2.48. The minimum Gasteiger partial charge on any atom is -0.468 e. The van der Waals surface area contributed by atoms with Crippen LogP contribution in [0.3, 0.4) is 0 Å². The van der Waals surface area contributed by atoms with E-state index in [1.165, 1.54) is 7.11 Å². The molecule has 1 N–H and O–H groups in total. The minimum atomic E-state index is -0.606. The van der Waals surface area contributed by atoms with E-state index in [0.717, 1.165) is 39.1 Å². The smallest absolute Gasteiger partial charge is 0.325 e. The van der Waals surface area contributed by atoms with Gasteiger partial charge in [0, 0.05) is 26.2 Å². The SMILES string of the molecule is CNC(C)(CCN1CCCOC(C)C1)C(=O)OC. The number of hydrogen-bond acceptors (Lipinski definition) is 5. The lowest BCUT2D eigenvalue weighted by Gasteiger charge is -2.30. The Morgan fingerprint density at radius 2 is 2.33 bits per heavy atom. The second-order valence-corrected chi connectivity index (χ2v) is 5.16. The molecule has 18 heavy (non-hydrogen) atoms. The van der Waals surface area contributed by atoms with E-state index in [4.69, 9.17) is 9.47 Å². The maximum atomic E-state index is 11.7. The fourth-order valence-corrected chi connectivity index (χ4v) is 2.22. The van der Waals surface area contributed by atoms with Crippen LogP contribution in [0.1, 0.15) is 26.7 Å². The Labute approximate surface area is 110 Å². The van der Waals surface area contributed by atoms with Crippen molar-refractivity contribution in [3.8, 4) is 0 Å². The van der Waals surface area contributed by atoms with Crippen LogP contribution in [0.5, 0.6) is 0 Å². The number of nitrogens with one attached hydrogen (secondary N) is 1. The highest BCUT2D eigenvalue weighted by atomic mass is 16.5. The third-order valence-corrected chi connectivity index (χ3v) is 3.65. The third-order valence-electron chi connectivity index (χ3n) is 3.65. The monoisotopic (exact) mass is 258 g/mol. The van der Waals surface area contributed by atoms with Crippen molar-refractivity contribution in [3.05, 3.63) is 0 Å². The van der Waals surface area contributed by atoms with E-state index in [1.807, 2.05) is 6.92 Å². The number of ether oxygens (including phenoxy) is 2. The van der Waals surface area contributed by atoms with E-state index in [-0.39, 0.29) is 12.1 Å². The van der Waals surface area contributed by atoms with Gasteiger partial charge in [0.15, 0.2) is 0 Å². The van der Waals surface area contributed by atoms with Crippen molar-refractivity contribution in [2.24, 2.45) is 0 Å². The summed E-state index contributed by atoms with van der Waals surface area (Å²) in [5, 5.41) is 3.06. The van der Waals surface area contributed by atoms with Crippen molar-refractivity contribution >= 4 is 5.97 Å². The molecule has 5 nitrogen and oxygen atoms in total. The molecule has 0 saturated carbocycles. The summed E-state index contributed by atoms with van der Waals surface area (Å²) in [7, 11) is 3.23. The van der Waals surface area contributed by atoms with Gasteiger partial charge in [-0.15, -0.1) is 0 Å². The van der Waals surface area contributed by atoms with Crippen LogP contribution in [0, 0.1) is 0 Å². The van der Waals surface area contributed by atoms with Gasteiger partial charge in [0.25, 0.3) is 0 Å². The molecular weight excluding hydrogens is 232 g/mol. The molecule has 1 rings (SSSR count). The van der Waals surface area contributed by atoms with E-state index >= 15 is 0 Å². The van der Waals surface area contributed by atoms with Crippen LogP contribution in [0.4, 0.5) is 0 Å². The summed E-state index contributed by atoms with van der Waals surface area (Å²) >= 11 is 0. The average molecular weight is 258 g/mol. The first-order valence-corrected chi connectivity index (χ1v) is 6.63. The van der Waals surface area contributed by atoms with Crippen molar-refractivity contribution in [3.63, 3.8) is 0 Å². The first kappa shape index (κ1) is 15.4. The van der Waals surface area contributed by atoms with Crippen LogP contribution < -0.4 is 5.32 Å². The molecule has 1 aliphatic heterocycles. The van der Waals surface area contributed by atoms with Crippen LogP contribution >= 0.6 is 0 Å². The summed E-state index contributed by atoms with van der Waals surface area (Å²) < 4.78 is 10.5. The predicted octanol–water partition coefficient (Wildman–Crippen LogP) is 0.638. The van der Waals surface area contributed by atoms with Crippen LogP contribution in [0.25, 0.3) is 0 Å². The number of esters is 1. The summed E-state index contributed by atoms with van der Waals surface area (Å²) in [6.45, 7) is 7.65. The summed E-state index contributed by atoms with van der Waals surface area (Å²) in [5.41, 5.74) is -0.606. The van der Waals surface area contributed by atoms with Crippen molar-refractivity contribution < 1.29 is 14.3 Å². The van der Waals surface area contributed by atoms with Gasteiger partial charge in [0.2, 0.25) is 0 Å². The van der Waals surface area contributed by atoms with Gasteiger partial charge in [-0.1, -0.05) is 0 Å². The van der Waals surface area contributed by atoms with Crippen LogP contribution in [-0.2, 0) is 14.3 Å². The minimum absolute atomic E-state index is 0.205. The molecular formula is C13H26N2O3. The predicted molar refractivity (Wildman–Crippen MR) is 70.6 cm³/mol. The van der Waals surface area contributed by atoms with Gasteiger partial charge in [-0.25, -0.2) is 0 Å². The maximum Gasteiger partial charge on any atom is 0.325 e. The molecule has 0 aromatic carbocycles. The molecule has 0 spiro atoms. The molecule has 1 fully saturated rings. The third kappa shape index (κ3) is 4.23. The van der Waals surface area contributed by atoms with Gasteiger partial charge in [-0.05, 0) is 33.7 Å². The van der Waals surface area contributed by atoms with Crippen molar-refractivity contribution in [2.45, 2.75) is 38.3 Å². The Morgan fingerprint density at radius 1 is 1.61 bits per heavy atom. The lowest BCUT2D eigenvalue weighted by Crippen LogP contribution is -2.50. The van der Waals surface area contributed by atoms with Gasteiger partial charge in [0.05, 0.1) is 13.2 Å². The fourth-order valence-electron chi connectivity index (χ4n) is 2.22. The number of hydrogen-bond donors (Lipinski definition) is 1. The number of carbonyl (C=O) groups excluding carboxylic acids is 1. The van der Waals surface area contributed by atoms with Crippen molar-refractivity contribution in [1.29, 1.82) is 0 Å². The van der Waals surface area contributed by atoms with E-state index in [0.29, 0.717) is 0 Å². The van der Waals surface area contributed by atoms with Gasteiger partial charge < -0.3 is 19.7 Å². The molecule has 1 heterocycles. The zero-order valence-electron chi connectivity index (χ0n) is 12.0. The first-order valence-electron chi connectivity index (χ1n) is 6.63. The van der Waals surface area contributed by atoms with Gasteiger partial charge in [-0.3, -0.25) is 4.79 Å². The van der Waals surface area contributed by atoms with Gasteiger partial charge >= 0.3 is 5.97 Å². The van der Waals surface area contributed by atoms with Gasteiger partial charge in [-0.2, -0.15) is 0 Å². The Kier molecular flexibility index (Phi) is 6.05. The first-order chi connectivity index (χ1) is 8.51. The molecule has 0 bridgehead atoms. The number of nitrogens with zero attached hydrogens (tertiary/aromatic N) is 1. The molecule has 0 radical (unpaired) electrons. The fraction of sp³-hybridized carbons (Fsp3) is 0.923. The highest BCUT2D eigenvalue weighted by molar-refractivity contribution is 5.80. The second-order valence-electron chi connectivity index (χ2n) is 5.16. The highest BCUT2D eigenvalue weighted by Gasteiger charge is 2.33. The normalized spacial score (nSPS) is 25.2. The maximum absolute atomic E-state index is 11.7. The van der Waals surface area contributed by atoms with Crippen LogP contribution in [-0.4, -0.2) is 62.9 Å². The van der Waals surface area contributed by atoms with Crippen LogP contribution in [0.15, 0.2) is 0 Å². The molecule has 0 aromatic heterocycles. The largest absolute Gasteiger partial charge is 0.468 e. The van der Waals surface area contributed by atoms with E-state index < -0.39 is 5.54 Å². The molecule has 1 aliphatic rings. The lowest BCUT2D eigenvalue weighted by atomic mass is 9.98. The number of carbonyl (C=O) groups is 1.